The Morgan fingerprint density at radius 2 is 2.41 bits per heavy atom. The van der Waals surface area contributed by atoms with Crippen LogP contribution < -0.4 is 10.1 Å². The fraction of sp³-hybridized carbons (Fsp3) is 0.667. The zero-order valence-electron chi connectivity index (χ0n) is 10.2. The van der Waals surface area contributed by atoms with E-state index in [9.17, 15) is 0 Å². The van der Waals surface area contributed by atoms with Gasteiger partial charge in [-0.25, -0.2) is 9.97 Å². The van der Waals surface area contributed by atoms with E-state index in [4.69, 9.17) is 4.74 Å². The van der Waals surface area contributed by atoms with Crippen LogP contribution >= 0.6 is 11.8 Å². The normalized spacial score (nSPS) is 20.2. The Kier molecular flexibility index (Phi) is 5.07. The Bertz CT molecular complexity index is 342. The van der Waals surface area contributed by atoms with E-state index in [0.29, 0.717) is 11.9 Å². The van der Waals surface area contributed by atoms with Gasteiger partial charge in [0.2, 0.25) is 5.88 Å². The van der Waals surface area contributed by atoms with Crippen LogP contribution in [-0.2, 0) is 0 Å². The number of hydrogen-bond acceptors (Lipinski definition) is 5. The van der Waals surface area contributed by atoms with Gasteiger partial charge in [0.1, 0.15) is 11.4 Å². The summed E-state index contributed by atoms with van der Waals surface area (Å²) < 4.78 is 5.65. The van der Waals surface area contributed by atoms with Gasteiger partial charge in [-0.2, -0.15) is 0 Å². The van der Waals surface area contributed by atoms with Gasteiger partial charge < -0.3 is 10.1 Å². The number of piperidine rings is 1. The fourth-order valence-electron chi connectivity index (χ4n) is 1.99. The van der Waals surface area contributed by atoms with E-state index in [1.54, 1.807) is 18.1 Å². The molecule has 0 spiro atoms. The molecule has 0 amide bonds. The van der Waals surface area contributed by atoms with Gasteiger partial charge in [-0.3, -0.25) is 0 Å². The topological polar surface area (TPSA) is 47.0 Å². The zero-order valence-corrected chi connectivity index (χ0v) is 11.0. The van der Waals surface area contributed by atoms with Crippen molar-refractivity contribution >= 4 is 11.8 Å². The molecule has 0 saturated carbocycles. The second-order valence-corrected chi connectivity index (χ2v) is 5.01. The average Bonchev–Trinajstić information content (AvgIpc) is 2.40. The zero-order chi connectivity index (χ0) is 11.9. The Hall–Kier alpha value is -0.810. The second kappa shape index (κ2) is 6.81. The smallest absolute Gasteiger partial charge is 0.217 e. The number of ether oxygens (including phenoxy) is 1. The summed E-state index contributed by atoms with van der Waals surface area (Å²) in [6.07, 6.45) is 8.52. The Morgan fingerprint density at radius 3 is 3.18 bits per heavy atom. The predicted molar refractivity (Wildman–Crippen MR) is 69.6 cm³/mol. The van der Waals surface area contributed by atoms with Crippen molar-refractivity contribution in [2.45, 2.75) is 36.8 Å². The molecule has 1 unspecified atom stereocenters. The largest absolute Gasteiger partial charge is 0.477 e. The van der Waals surface area contributed by atoms with Crippen LogP contribution in [0.1, 0.15) is 25.7 Å². The summed E-state index contributed by atoms with van der Waals surface area (Å²) in [6.45, 7) is 1.87. The summed E-state index contributed by atoms with van der Waals surface area (Å²) in [5, 5.41) is 4.46. The molecule has 0 radical (unpaired) electrons. The SMILES string of the molecule is CSc1cc(OCCC2CCCCN2)ncn1. The molecule has 2 heterocycles. The number of hydrogen-bond donors (Lipinski definition) is 1. The van der Waals surface area contributed by atoms with Crippen LogP contribution in [0, 0.1) is 0 Å². The molecule has 1 aromatic rings. The van der Waals surface area contributed by atoms with Crippen molar-refractivity contribution in [3.63, 3.8) is 0 Å². The lowest BCUT2D eigenvalue weighted by atomic mass is 10.0. The summed E-state index contributed by atoms with van der Waals surface area (Å²) >= 11 is 1.60. The summed E-state index contributed by atoms with van der Waals surface area (Å²) in [4.78, 5) is 8.22. The summed E-state index contributed by atoms with van der Waals surface area (Å²) in [5.41, 5.74) is 0. The summed E-state index contributed by atoms with van der Waals surface area (Å²) in [5.74, 6) is 0.681. The van der Waals surface area contributed by atoms with Crippen LogP contribution in [0.25, 0.3) is 0 Å². The van der Waals surface area contributed by atoms with Crippen molar-refractivity contribution in [3.8, 4) is 5.88 Å². The lowest BCUT2D eigenvalue weighted by Gasteiger charge is -2.23. The fourth-order valence-corrected chi connectivity index (χ4v) is 2.36. The quantitative estimate of drug-likeness (QED) is 0.643. The minimum atomic E-state index is 0.616. The first kappa shape index (κ1) is 12.6. The first-order chi connectivity index (χ1) is 8.38. The van der Waals surface area contributed by atoms with Crippen molar-refractivity contribution in [1.82, 2.24) is 15.3 Å². The van der Waals surface area contributed by atoms with Gasteiger partial charge in [-0.15, -0.1) is 11.8 Å². The maximum Gasteiger partial charge on any atom is 0.217 e. The molecular formula is C12H19N3OS. The van der Waals surface area contributed by atoms with Gasteiger partial charge in [0.15, 0.2) is 0 Å². The third-order valence-electron chi connectivity index (χ3n) is 2.95. The molecule has 5 heteroatoms. The molecule has 1 aliphatic heterocycles. The van der Waals surface area contributed by atoms with Gasteiger partial charge in [-0.05, 0) is 32.1 Å². The molecule has 1 aliphatic rings. The molecule has 1 aromatic heterocycles. The van der Waals surface area contributed by atoms with Crippen molar-refractivity contribution in [2.24, 2.45) is 0 Å². The van der Waals surface area contributed by atoms with E-state index in [1.807, 2.05) is 12.3 Å². The third kappa shape index (κ3) is 4.16. The van der Waals surface area contributed by atoms with E-state index in [1.165, 1.54) is 19.3 Å². The van der Waals surface area contributed by atoms with Gasteiger partial charge in [0.25, 0.3) is 0 Å². The van der Waals surface area contributed by atoms with Crippen LogP contribution in [0.5, 0.6) is 5.88 Å². The Labute approximate surface area is 107 Å². The predicted octanol–water partition coefficient (Wildman–Crippen LogP) is 2.11. The lowest BCUT2D eigenvalue weighted by molar-refractivity contribution is 0.259. The standard InChI is InChI=1S/C12H19N3OS/c1-17-12-8-11(14-9-15-12)16-7-5-10-4-2-3-6-13-10/h8-10,13H,2-7H2,1H3. The molecule has 1 N–H and O–H groups in total. The van der Waals surface area contributed by atoms with Gasteiger partial charge in [0, 0.05) is 12.1 Å². The number of nitrogens with one attached hydrogen (secondary N) is 1. The highest BCUT2D eigenvalue weighted by molar-refractivity contribution is 7.98. The Balaban J connectivity index is 1.73. The maximum atomic E-state index is 5.65. The molecule has 0 bridgehead atoms. The average molecular weight is 253 g/mol. The molecule has 17 heavy (non-hydrogen) atoms. The highest BCUT2D eigenvalue weighted by Gasteiger charge is 2.12. The molecule has 2 rings (SSSR count). The molecule has 0 aliphatic carbocycles. The lowest BCUT2D eigenvalue weighted by Crippen LogP contribution is -2.35. The molecule has 1 saturated heterocycles. The first-order valence-corrected chi connectivity index (χ1v) is 7.33. The van der Waals surface area contributed by atoms with Crippen LogP contribution in [0.15, 0.2) is 17.4 Å². The number of nitrogens with zero attached hydrogens (tertiary/aromatic N) is 2. The van der Waals surface area contributed by atoms with Crippen molar-refractivity contribution in [3.05, 3.63) is 12.4 Å². The van der Waals surface area contributed by atoms with E-state index >= 15 is 0 Å². The van der Waals surface area contributed by atoms with E-state index in [-0.39, 0.29) is 0 Å². The van der Waals surface area contributed by atoms with Crippen molar-refractivity contribution < 1.29 is 4.74 Å². The van der Waals surface area contributed by atoms with E-state index in [2.05, 4.69) is 15.3 Å². The molecule has 94 valence electrons. The monoisotopic (exact) mass is 253 g/mol. The third-order valence-corrected chi connectivity index (χ3v) is 3.60. The molecule has 1 fully saturated rings. The molecule has 4 nitrogen and oxygen atoms in total. The highest BCUT2D eigenvalue weighted by atomic mass is 32.2. The minimum Gasteiger partial charge on any atom is -0.477 e. The number of aromatic nitrogens is 2. The van der Waals surface area contributed by atoms with E-state index in [0.717, 1.165) is 24.6 Å². The second-order valence-electron chi connectivity index (χ2n) is 4.18. The maximum absolute atomic E-state index is 5.65. The summed E-state index contributed by atoms with van der Waals surface area (Å²) in [6, 6.07) is 2.50. The highest BCUT2D eigenvalue weighted by Crippen LogP contribution is 2.16. The van der Waals surface area contributed by atoms with Crippen molar-refractivity contribution in [2.75, 3.05) is 19.4 Å². The first-order valence-electron chi connectivity index (χ1n) is 6.10. The summed E-state index contributed by atoms with van der Waals surface area (Å²) in [7, 11) is 0. The van der Waals surface area contributed by atoms with E-state index < -0.39 is 0 Å². The van der Waals surface area contributed by atoms with Gasteiger partial charge in [-0.1, -0.05) is 6.42 Å². The Morgan fingerprint density at radius 1 is 1.47 bits per heavy atom. The van der Waals surface area contributed by atoms with Crippen LogP contribution in [0.4, 0.5) is 0 Å². The molecular weight excluding hydrogens is 234 g/mol. The van der Waals surface area contributed by atoms with Crippen LogP contribution in [0.2, 0.25) is 0 Å². The van der Waals surface area contributed by atoms with Crippen LogP contribution in [0.3, 0.4) is 0 Å². The minimum absolute atomic E-state index is 0.616. The molecule has 0 aromatic carbocycles. The van der Waals surface area contributed by atoms with Gasteiger partial charge >= 0.3 is 0 Å². The van der Waals surface area contributed by atoms with Gasteiger partial charge in [0.05, 0.1) is 6.61 Å². The number of rotatable bonds is 5. The number of thioether (sulfide) groups is 1. The van der Waals surface area contributed by atoms with Crippen molar-refractivity contribution in [1.29, 1.82) is 0 Å². The molecule has 1 atom stereocenters. The van der Waals surface area contributed by atoms with Crippen LogP contribution in [-0.4, -0.2) is 35.4 Å².